The molecule has 0 amide bonds. The maximum atomic E-state index is 12.9. The fraction of sp³-hybridized carbons (Fsp3) is 0.250. The van der Waals surface area contributed by atoms with E-state index in [4.69, 9.17) is 10.2 Å². The number of aromatic nitrogens is 1. The Morgan fingerprint density at radius 1 is 1.44 bits per heavy atom. The summed E-state index contributed by atoms with van der Waals surface area (Å²) in [4.78, 5) is 4.07. The highest BCUT2D eigenvalue weighted by Gasteiger charge is 2.11. The first kappa shape index (κ1) is 10.8. The van der Waals surface area contributed by atoms with E-state index in [-0.39, 0.29) is 11.9 Å². The minimum absolute atomic E-state index is 0.241. The molecule has 2 aromatic rings. The van der Waals surface area contributed by atoms with Gasteiger partial charge in [-0.1, -0.05) is 0 Å². The summed E-state index contributed by atoms with van der Waals surface area (Å²) in [7, 11) is 0. The second kappa shape index (κ2) is 4.06. The van der Waals surface area contributed by atoms with E-state index < -0.39 is 0 Å². The van der Waals surface area contributed by atoms with Crippen LogP contribution in [0.1, 0.15) is 24.4 Å². The minimum Gasteiger partial charge on any atom is -0.439 e. The van der Waals surface area contributed by atoms with Crippen LogP contribution in [0.15, 0.2) is 28.8 Å². The zero-order valence-electron chi connectivity index (χ0n) is 9.20. The fourth-order valence-electron chi connectivity index (χ4n) is 1.53. The maximum Gasteiger partial charge on any atom is 0.211 e. The molecule has 2 rings (SSSR count). The van der Waals surface area contributed by atoms with Crippen molar-refractivity contribution in [3.63, 3.8) is 0 Å². The SMILES string of the molecule is Cc1cc(F)ccc1-c1cnc(C(C)N)o1. The van der Waals surface area contributed by atoms with Crippen LogP contribution < -0.4 is 5.73 Å². The maximum absolute atomic E-state index is 12.9. The van der Waals surface area contributed by atoms with E-state index in [1.54, 1.807) is 19.2 Å². The molecule has 0 bridgehead atoms. The highest BCUT2D eigenvalue weighted by molar-refractivity contribution is 5.60. The van der Waals surface area contributed by atoms with Gasteiger partial charge in [-0.15, -0.1) is 0 Å². The number of nitrogens with two attached hydrogens (primary N) is 1. The van der Waals surface area contributed by atoms with Gasteiger partial charge in [0.15, 0.2) is 5.76 Å². The molecule has 16 heavy (non-hydrogen) atoms. The van der Waals surface area contributed by atoms with Gasteiger partial charge in [-0.2, -0.15) is 0 Å². The number of rotatable bonds is 2. The Balaban J connectivity index is 2.42. The van der Waals surface area contributed by atoms with Gasteiger partial charge in [0.1, 0.15) is 5.82 Å². The lowest BCUT2D eigenvalue weighted by Crippen LogP contribution is -2.04. The van der Waals surface area contributed by atoms with Crippen LogP contribution in [0.4, 0.5) is 4.39 Å². The van der Waals surface area contributed by atoms with Crippen molar-refractivity contribution in [2.45, 2.75) is 19.9 Å². The summed E-state index contributed by atoms with van der Waals surface area (Å²) >= 11 is 0. The van der Waals surface area contributed by atoms with E-state index >= 15 is 0 Å². The topological polar surface area (TPSA) is 52.0 Å². The number of nitrogens with zero attached hydrogens (tertiary/aromatic N) is 1. The Morgan fingerprint density at radius 2 is 2.19 bits per heavy atom. The number of hydrogen-bond acceptors (Lipinski definition) is 3. The number of oxazole rings is 1. The van der Waals surface area contributed by atoms with E-state index in [0.717, 1.165) is 11.1 Å². The number of aryl methyl sites for hydroxylation is 1. The molecule has 1 aromatic heterocycles. The molecule has 1 heterocycles. The predicted molar refractivity (Wildman–Crippen MR) is 59.2 cm³/mol. The van der Waals surface area contributed by atoms with Crippen LogP contribution in [0.5, 0.6) is 0 Å². The molecule has 0 aliphatic rings. The van der Waals surface area contributed by atoms with Crippen LogP contribution in [-0.4, -0.2) is 4.98 Å². The van der Waals surface area contributed by atoms with Crippen LogP contribution in [0.2, 0.25) is 0 Å². The zero-order chi connectivity index (χ0) is 11.7. The van der Waals surface area contributed by atoms with Crippen LogP contribution in [-0.2, 0) is 0 Å². The van der Waals surface area contributed by atoms with Gasteiger partial charge in [-0.05, 0) is 37.6 Å². The first-order valence-corrected chi connectivity index (χ1v) is 5.06. The fourth-order valence-corrected chi connectivity index (χ4v) is 1.53. The van der Waals surface area contributed by atoms with Crippen molar-refractivity contribution in [3.05, 3.63) is 41.7 Å². The molecule has 4 heteroatoms. The third kappa shape index (κ3) is 1.97. The van der Waals surface area contributed by atoms with Gasteiger partial charge in [0.2, 0.25) is 5.89 Å². The minimum atomic E-state index is -0.256. The largest absolute Gasteiger partial charge is 0.439 e. The van der Waals surface area contributed by atoms with E-state index in [2.05, 4.69) is 4.98 Å². The molecule has 0 aliphatic heterocycles. The van der Waals surface area contributed by atoms with Crippen molar-refractivity contribution < 1.29 is 8.81 Å². The number of hydrogen-bond donors (Lipinski definition) is 1. The Morgan fingerprint density at radius 3 is 2.75 bits per heavy atom. The zero-order valence-corrected chi connectivity index (χ0v) is 9.20. The molecule has 1 atom stereocenters. The van der Waals surface area contributed by atoms with E-state index in [1.165, 1.54) is 12.1 Å². The first-order chi connectivity index (χ1) is 7.58. The Bertz CT molecular complexity index is 505. The third-order valence-corrected chi connectivity index (χ3v) is 2.37. The van der Waals surface area contributed by atoms with Crippen LogP contribution >= 0.6 is 0 Å². The first-order valence-electron chi connectivity index (χ1n) is 5.06. The van der Waals surface area contributed by atoms with Gasteiger partial charge in [0, 0.05) is 5.56 Å². The van der Waals surface area contributed by atoms with Crippen molar-refractivity contribution in [1.29, 1.82) is 0 Å². The van der Waals surface area contributed by atoms with Crippen LogP contribution in [0, 0.1) is 12.7 Å². The Labute approximate surface area is 93.1 Å². The second-order valence-electron chi connectivity index (χ2n) is 3.81. The van der Waals surface area contributed by atoms with Gasteiger partial charge in [0.25, 0.3) is 0 Å². The van der Waals surface area contributed by atoms with Gasteiger partial charge in [-0.25, -0.2) is 9.37 Å². The lowest BCUT2D eigenvalue weighted by molar-refractivity contribution is 0.473. The molecule has 0 saturated carbocycles. The van der Waals surface area contributed by atoms with Gasteiger partial charge >= 0.3 is 0 Å². The van der Waals surface area contributed by atoms with E-state index in [1.807, 2.05) is 6.92 Å². The normalized spacial score (nSPS) is 12.8. The third-order valence-electron chi connectivity index (χ3n) is 2.37. The predicted octanol–water partition coefficient (Wildman–Crippen LogP) is 2.81. The smallest absolute Gasteiger partial charge is 0.211 e. The average molecular weight is 220 g/mol. The highest BCUT2D eigenvalue weighted by Crippen LogP contribution is 2.25. The highest BCUT2D eigenvalue weighted by atomic mass is 19.1. The monoisotopic (exact) mass is 220 g/mol. The average Bonchev–Trinajstić information content (AvgIpc) is 2.66. The molecule has 0 radical (unpaired) electrons. The van der Waals surface area contributed by atoms with Gasteiger partial charge in [-0.3, -0.25) is 0 Å². The van der Waals surface area contributed by atoms with Crippen molar-refractivity contribution in [2.24, 2.45) is 5.73 Å². The molecule has 2 N–H and O–H groups in total. The van der Waals surface area contributed by atoms with Crippen molar-refractivity contribution in [3.8, 4) is 11.3 Å². The van der Waals surface area contributed by atoms with E-state index in [0.29, 0.717) is 11.7 Å². The molecule has 1 unspecified atom stereocenters. The Kier molecular flexibility index (Phi) is 2.75. The van der Waals surface area contributed by atoms with Gasteiger partial charge in [0.05, 0.1) is 12.2 Å². The number of benzene rings is 1. The summed E-state index contributed by atoms with van der Waals surface area (Å²) in [5.74, 6) is 0.844. The molecule has 0 saturated heterocycles. The summed E-state index contributed by atoms with van der Waals surface area (Å²) in [6, 6.07) is 4.30. The summed E-state index contributed by atoms with van der Waals surface area (Å²) in [6.07, 6.45) is 1.61. The summed E-state index contributed by atoms with van der Waals surface area (Å²) < 4.78 is 18.4. The van der Waals surface area contributed by atoms with Crippen molar-refractivity contribution in [1.82, 2.24) is 4.98 Å². The molecule has 0 aliphatic carbocycles. The summed E-state index contributed by atoms with van der Waals surface area (Å²) in [5.41, 5.74) is 7.30. The lowest BCUT2D eigenvalue weighted by Gasteiger charge is -2.02. The molecule has 0 fully saturated rings. The quantitative estimate of drug-likeness (QED) is 0.846. The summed E-state index contributed by atoms with van der Waals surface area (Å²) in [5, 5.41) is 0. The van der Waals surface area contributed by atoms with Gasteiger partial charge < -0.3 is 10.2 Å². The van der Waals surface area contributed by atoms with Crippen LogP contribution in [0.25, 0.3) is 11.3 Å². The van der Waals surface area contributed by atoms with Crippen molar-refractivity contribution in [2.75, 3.05) is 0 Å². The molecule has 0 spiro atoms. The van der Waals surface area contributed by atoms with Crippen molar-refractivity contribution >= 4 is 0 Å². The Hall–Kier alpha value is -1.68. The standard InChI is InChI=1S/C12H13FN2O/c1-7-5-9(13)3-4-10(7)11-6-15-12(16-11)8(2)14/h3-6,8H,14H2,1-2H3. The molecule has 1 aromatic carbocycles. The molecule has 3 nitrogen and oxygen atoms in total. The molecular weight excluding hydrogens is 207 g/mol. The lowest BCUT2D eigenvalue weighted by atomic mass is 10.1. The number of halogens is 1. The van der Waals surface area contributed by atoms with Crippen LogP contribution in [0.3, 0.4) is 0 Å². The van der Waals surface area contributed by atoms with E-state index in [9.17, 15) is 4.39 Å². The molecular formula is C12H13FN2O. The summed E-state index contributed by atoms with van der Waals surface area (Å²) in [6.45, 7) is 3.62. The molecule has 84 valence electrons. The second-order valence-corrected chi connectivity index (χ2v) is 3.81.